The molecular weight excluding hydrogens is 524 g/mol. The molecule has 0 aliphatic carbocycles. The van der Waals surface area contributed by atoms with Crippen molar-refractivity contribution in [1.29, 1.82) is 0 Å². The van der Waals surface area contributed by atoms with Gasteiger partial charge in [-0.05, 0) is 48.2 Å². The summed E-state index contributed by atoms with van der Waals surface area (Å²) in [4.78, 5) is 28.5. The lowest BCUT2D eigenvalue weighted by Gasteiger charge is -2.25. The second-order valence-corrected chi connectivity index (χ2v) is 12.7. The van der Waals surface area contributed by atoms with E-state index in [1.165, 1.54) is 11.8 Å². The number of nitrogens with one attached hydrogen (secondary N) is 1. The van der Waals surface area contributed by atoms with E-state index in [2.05, 4.69) is 26.1 Å². The zero-order chi connectivity index (χ0) is 29.2. The van der Waals surface area contributed by atoms with Gasteiger partial charge in [-0.25, -0.2) is 4.68 Å². The van der Waals surface area contributed by atoms with E-state index in [0.717, 1.165) is 28.1 Å². The summed E-state index contributed by atoms with van der Waals surface area (Å²) in [7, 11) is 3.23. The van der Waals surface area contributed by atoms with Gasteiger partial charge in [0.15, 0.2) is 11.5 Å². The second-order valence-electron chi connectivity index (χ2n) is 11.6. The van der Waals surface area contributed by atoms with Crippen LogP contribution in [-0.2, 0) is 15.0 Å². The lowest BCUT2D eigenvalue weighted by Crippen LogP contribution is -2.43. The number of methoxy groups -OCH3 is 2. The molecule has 0 fully saturated rings. The molecule has 1 aromatic heterocycles. The number of ether oxygens (including phenoxy) is 2. The van der Waals surface area contributed by atoms with Crippen molar-refractivity contribution < 1.29 is 19.1 Å². The summed E-state index contributed by atoms with van der Waals surface area (Å²) in [6.07, 6.45) is 0. The van der Waals surface area contributed by atoms with Crippen molar-refractivity contribution >= 4 is 29.4 Å². The summed E-state index contributed by atoms with van der Waals surface area (Å²) in [5.41, 5.74) is 4.34. The van der Waals surface area contributed by atoms with Crippen molar-refractivity contribution in [2.24, 2.45) is 5.92 Å². The van der Waals surface area contributed by atoms with Crippen molar-refractivity contribution in [3.05, 3.63) is 64.8 Å². The summed E-state index contributed by atoms with van der Waals surface area (Å²) in [5.74, 6) is 2.06. The van der Waals surface area contributed by atoms with Crippen LogP contribution in [0.15, 0.2) is 42.5 Å². The molecule has 0 spiro atoms. The molecule has 2 aromatic carbocycles. The number of thioether (sulfide) groups is 1. The average Bonchev–Trinajstić information content (AvgIpc) is 3.25. The van der Waals surface area contributed by atoms with Gasteiger partial charge < -0.3 is 14.8 Å². The first-order valence-corrected chi connectivity index (χ1v) is 14.6. The largest absolute Gasteiger partial charge is 0.493 e. The zero-order valence-electron chi connectivity index (χ0n) is 24.7. The molecule has 4 rings (SSSR count). The van der Waals surface area contributed by atoms with Gasteiger partial charge in [0.05, 0.1) is 36.6 Å². The van der Waals surface area contributed by atoms with Crippen LogP contribution in [0.3, 0.4) is 0 Å². The van der Waals surface area contributed by atoms with Gasteiger partial charge in [-0.15, -0.1) is 11.8 Å². The van der Waals surface area contributed by atoms with Gasteiger partial charge in [0, 0.05) is 17.5 Å². The quantitative estimate of drug-likeness (QED) is 0.392. The molecule has 0 bridgehead atoms. The van der Waals surface area contributed by atoms with Crippen LogP contribution < -0.4 is 19.7 Å². The fourth-order valence-corrected chi connectivity index (χ4v) is 6.00. The van der Waals surface area contributed by atoms with Crippen LogP contribution in [-0.4, -0.2) is 54.7 Å². The van der Waals surface area contributed by atoms with Crippen molar-refractivity contribution in [2.75, 3.05) is 38.0 Å². The minimum absolute atomic E-state index is 0.0845. The van der Waals surface area contributed by atoms with Gasteiger partial charge in [-0.2, -0.15) is 5.10 Å². The summed E-state index contributed by atoms with van der Waals surface area (Å²) in [6, 6.07) is 13.9. The third kappa shape index (κ3) is 6.14. The minimum atomic E-state index is -0.340. The van der Waals surface area contributed by atoms with Crippen LogP contribution in [0.5, 0.6) is 11.5 Å². The molecule has 1 aliphatic rings. The van der Waals surface area contributed by atoms with E-state index in [-0.39, 0.29) is 34.8 Å². The molecule has 2 heterocycles. The monoisotopic (exact) mass is 564 g/mol. The van der Waals surface area contributed by atoms with Crippen LogP contribution in [0.2, 0.25) is 0 Å². The number of benzene rings is 2. The molecule has 1 unspecified atom stereocenters. The van der Waals surface area contributed by atoms with Gasteiger partial charge in [0.1, 0.15) is 12.4 Å². The van der Waals surface area contributed by atoms with E-state index in [9.17, 15) is 9.59 Å². The van der Waals surface area contributed by atoms with Gasteiger partial charge in [0.25, 0.3) is 0 Å². The third-order valence-electron chi connectivity index (χ3n) is 6.77. The third-order valence-corrected chi connectivity index (χ3v) is 8.02. The zero-order valence-corrected chi connectivity index (χ0v) is 25.5. The Bertz CT molecular complexity index is 1390. The first-order chi connectivity index (χ1) is 18.9. The normalized spacial score (nSPS) is 15.6. The molecule has 2 amide bonds. The van der Waals surface area contributed by atoms with Crippen LogP contribution in [0, 0.1) is 12.8 Å². The Morgan fingerprint density at radius 1 is 1.12 bits per heavy atom. The molecule has 214 valence electrons. The number of carbonyl (C=O) groups excluding carboxylic acids is 2. The highest BCUT2D eigenvalue weighted by Crippen LogP contribution is 2.49. The maximum absolute atomic E-state index is 13.8. The molecule has 9 heteroatoms. The van der Waals surface area contributed by atoms with E-state index in [1.54, 1.807) is 19.1 Å². The van der Waals surface area contributed by atoms with Crippen LogP contribution in [0.4, 0.5) is 5.82 Å². The predicted molar refractivity (Wildman–Crippen MR) is 161 cm³/mol. The van der Waals surface area contributed by atoms with Crippen molar-refractivity contribution in [3.8, 4) is 17.2 Å². The van der Waals surface area contributed by atoms with Crippen LogP contribution in [0.1, 0.15) is 62.3 Å². The standard InChI is InChI=1S/C31H40N4O4S/c1-19(2)16-32-25(36)17-34-26(37)18-40-28(21-12-13-23(38-7)24(15-21)39-8)27-29(31(4,5)6)33-35(30(27)34)22-11-9-10-20(3)14-22/h9-15,19,28H,16-18H2,1-8H3,(H,32,36). The fraction of sp³-hybridized carbons (Fsp3) is 0.452. The molecule has 0 saturated heterocycles. The molecule has 3 aromatic rings. The van der Waals surface area contributed by atoms with E-state index in [1.807, 2.05) is 67.9 Å². The number of amides is 2. The van der Waals surface area contributed by atoms with E-state index < -0.39 is 0 Å². The van der Waals surface area contributed by atoms with Gasteiger partial charge in [-0.3, -0.25) is 14.5 Å². The number of aromatic nitrogens is 2. The smallest absolute Gasteiger partial charge is 0.240 e. The first kappa shape index (κ1) is 29.5. The SMILES string of the molecule is COc1ccc(C2SCC(=O)N(CC(=O)NCC(C)C)c3c2c(C(C)(C)C)nn3-c2cccc(C)c2)cc1OC. The molecule has 8 nitrogen and oxygen atoms in total. The molecule has 1 aliphatic heterocycles. The highest BCUT2D eigenvalue weighted by Gasteiger charge is 2.40. The molecule has 0 radical (unpaired) electrons. The van der Waals surface area contributed by atoms with Crippen LogP contribution >= 0.6 is 11.8 Å². The molecule has 40 heavy (non-hydrogen) atoms. The van der Waals surface area contributed by atoms with Gasteiger partial charge in [0.2, 0.25) is 11.8 Å². The molecule has 1 N–H and O–H groups in total. The lowest BCUT2D eigenvalue weighted by molar-refractivity contribution is -0.123. The van der Waals surface area contributed by atoms with Crippen molar-refractivity contribution in [1.82, 2.24) is 15.1 Å². The Morgan fingerprint density at radius 2 is 1.85 bits per heavy atom. The number of hydrogen-bond donors (Lipinski definition) is 1. The summed E-state index contributed by atoms with van der Waals surface area (Å²) in [6.45, 7) is 12.9. The van der Waals surface area contributed by atoms with E-state index in [4.69, 9.17) is 14.6 Å². The summed E-state index contributed by atoms with van der Waals surface area (Å²) >= 11 is 1.54. The Kier molecular flexibility index (Phi) is 8.83. The van der Waals surface area contributed by atoms with Gasteiger partial charge in [-0.1, -0.05) is 52.8 Å². The molecule has 0 saturated carbocycles. The molecule has 1 atom stereocenters. The number of carbonyl (C=O) groups is 2. The van der Waals surface area contributed by atoms with Crippen molar-refractivity contribution in [2.45, 2.75) is 52.2 Å². The highest BCUT2D eigenvalue weighted by molar-refractivity contribution is 8.00. The maximum Gasteiger partial charge on any atom is 0.240 e. The highest BCUT2D eigenvalue weighted by atomic mass is 32.2. The topological polar surface area (TPSA) is 85.7 Å². The van der Waals surface area contributed by atoms with E-state index in [0.29, 0.717) is 29.8 Å². The van der Waals surface area contributed by atoms with Crippen LogP contribution in [0.25, 0.3) is 5.69 Å². The Labute approximate surface area is 241 Å². The number of fused-ring (bicyclic) bond motifs is 1. The van der Waals surface area contributed by atoms with Crippen molar-refractivity contribution in [3.63, 3.8) is 0 Å². The lowest BCUT2D eigenvalue weighted by atomic mass is 9.87. The Hall–Kier alpha value is -3.46. The maximum atomic E-state index is 13.8. The number of aryl methyl sites for hydroxylation is 1. The number of hydrogen-bond acceptors (Lipinski definition) is 6. The minimum Gasteiger partial charge on any atom is -0.493 e. The predicted octanol–water partition coefficient (Wildman–Crippen LogP) is 5.44. The summed E-state index contributed by atoms with van der Waals surface area (Å²) in [5, 5.41) is 7.91. The number of nitrogens with zero attached hydrogens (tertiary/aromatic N) is 3. The van der Waals surface area contributed by atoms with Gasteiger partial charge >= 0.3 is 0 Å². The number of anilines is 1. The Morgan fingerprint density at radius 3 is 2.48 bits per heavy atom. The fourth-order valence-electron chi connectivity index (χ4n) is 4.81. The number of rotatable bonds is 8. The first-order valence-electron chi connectivity index (χ1n) is 13.6. The second kappa shape index (κ2) is 12.0. The Balaban J connectivity index is 1.98. The van der Waals surface area contributed by atoms with E-state index >= 15 is 0 Å². The average molecular weight is 565 g/mol. The summed E-state index contributed by atoms with van der Waals surface area (Å²) < 4.78 is 13.0. The molecular formula is C31H40N4O4S.